The molecule has 0 aliphatic carbocycles. The highest BCUT2D eigenvalue weighted by Gasteiger charge is 2.23. The molecule has 1 amide bonds. The molecule has 0 fully saturated rings. The number of aliphatic carboxylic acids is 1. The lowest BCUT2D eigenvalue weighted by atomic mass is 9.98. The first-order valence-corrected chi connectivity index (χ1v) is 8.17. The molecule has 5 nitrogen and oxygen atoms in total. The lowest BCUT2D eigenvalue weighted by Crippen LogP contribution is -2.47. The minimum atomic E-state index is -0.926. The molecular formula is C18H28N2O3. The van der Waals surface area contributed by atoms with Gasteiger partial charge in [-0.25, -0.2) is 0 Å². The lowest BCUT2D eigenvalue weighted by molar-refractivity contribution is -0.140. The van der Waals surface area contributed by atoms with Crippen LogP contribution in [0.4, 0.5) is 5.69 Å². The summed E-state index contributed by atoms with van der Waals surface area (Å²) in [5.41, 5.74) is 2.90. The summed E-state index contributed by atoms with van der Waals surface area (Å²) in [6.45, 7) is 9.72. The Bertz CT molecular complexity index is 555. The molecule has 0 aromatic heterocycles. The van der Waals surface area contributed by atoms with Gasteiger partial charge in [-0.1, -0.05) is 45.4 Å². The highest BCUT2D eigenvalue weighted by Crippen LogP contribution is 2.27. The Morgan fingerprint density at radius 3 is 2.39 bits per heavy atom. The normalized spacial score (nSPS) is 13.7. The van der Waals surface area contributed by atoms with Crippen molar-refractivity contribution in [2.75, 3.05) is 5.32 Å². The van der Waals surface area contributed by atoms with E-state index in [-0.39, 0.29) is 5.91 Å². The lowest BCUT2D eigenvalue weighted by Gasteiger charge is -2.22. The van der Waals surface area contributed by atoms with Crippen molar-refractivity contribution < 1.29 is 14.7 Å². The molecular weight excluding hydrogens is 292 g/mol. The maximum absolute atomic E-state index is 12.4. The summed E-state index contributed by atoms with van der Waals surface area (Å²) < 4.78 is 0. The third-order valence-corrected chi connectivity index (χ3v) is 3.90. The van der Waals surface area contributed by atoms with Crippen LogP contribution in [-0.4, -0.2) is 29.1 Å². The number of rotatable bonds is 8. The van der Waals surface area contributed by atoms with Crippen molar-refractivity contribution in [3.05, 3.63) is 29.3 Å². The van der Waals surface area contributed by atoms with Crippen LogP contribution in [0.15, 0.2) is 18.2 Å². The Morgan fingerprint density at radius 2 is 1.87 bits per heavy atom. The maximum Gasteiger partial charge on any atom is 0.320 e. The molecule has 0 aliphatic heterocycles. The van der Waals surface area contributed by atoms with E-state index in [0.29, 0.717) is 12.3 Å². The van der Waals surface area contributed by atoms with E-state index in [0.717, 1.165) is 23.2 Å². The van der Waals surface area contributed by atoms with Crippen molar-refractivity contribution in [2.45, 2.75) is 65.5 Å². The number of hydrogen-bond donors (Lipinski definition) is 3. The van der Waals surface area contributed by atoms with Gasteiger partial charge in [0.15, 0.2) is 0 Å². The zero-order valence-corrected chi connectivity index (χ0v) is 14.6. The number of carboxylic acid groups (broad SMARTS) is 1. The summed E-state index contributed by atoms with van der Waals surface area (Å²) in [5, 5.41) is 15.0. The minimum Gasteiger partial charge on any atom is -0.480 e. The summed E-state index contributed by atoms with van der Waals surface area (Å²) in [5.74, 6) is -0.853. The van der Waals surface area contributed by atoms with Gasteiger partial charge in [0.25, 0.3) is 0 Å². The van der Waals surface area contributed by atoms with Gasteiger partial charge in [-0.3, -0.25) is 14.9 Å². The van der Waals surface area contributed by atoms with E-state index in [1.807, 2.05) is 32.0 Å². The largest absolute Gasteiger partial charge is 0.480 e. The van der Waals surface area contributed by atoms with E-state index in [1.54, 1.807) is 6.92 Å². The molecule has 2 unspecified atom stereocenters. The topological polar surface area (TPSA) is 78.4 Å². The van der Waals surface area contributed by atoms with Gasteiger partial charge in [0.1, 0.15) is 6.04 Å². The molecule has 0 radical (unpaired) electrons. The van der Waals surface area contributed by atoms with Crippen LogP contribution in [0.3, 0.4) is 0 Å². The molecule has 0 spiro atoms. The van der Waals surface area contributed by atoms with Crippen molar-refractivity contribution in [1.29, 1.82) is 0 Å². The van der Waals surface area contributed by atoms with Crippen molar-refractivity contribution in [2.24, 2.45) is 0 Å². The maximum atomic E-state index is 12.4. The summed E-state index contributed by atoms with van der Waals surface area (Å²) in [7, 11) is 0. The van der Waals surface area contributed by atoms with E-state index in [9.17, 15) is 14.7 Å². The summed E-state index contributed by atoms with van der Waals surface area (Å²) >= 11 is 0. The fraction of sp³-hybridized carbons (Fsp3) is 0.556. The van der Waals surface area contributed by atoms with Gasteiger partial charge in [0.2, 0.25) is 5.91 Å². The Balaban J connectivity index is 2.85. The molecule has 5 heteroatoms. The van der Waals surface area contributed by atoms with Gasteiger partial charge in [0, 0.05) is 5.69 Å². The molecule has 3 N–H and O–H groups in total. The SMILES string of the molecule is CCCC(NC(C)C(=O)Nc1c(C)cccc1C(C)C)C(=O)O. The molecule has 0 aliphatic rings. The molecule has 0 saturated carbocycles. The summed E-state index contributed by atoms with van der Waals surface area (Å²) in [6.07, 6.45) is 1.24. The number of amides is 1. The Morgan fingerprint density at radius 1 is 1.22 bits per heavy atom. The van der Waals surface area contributed by atoms with Gasteiger partial charge in [-0.05, 0) is 37.3 Å². The Labute approximate surface area is 138 Å². The highest BCUT2D eigenvalue weighted by atomic mass is 16.4. The number of carbonyl (C=O) groups is 2. The first-order chi connectivity index (χ1) is 10.8. The molecule has 0 heterocycles. The van der Waals surface area contributed by atoms with Crippen LogP contribution < -0.4 is 10.6 Å². The predicted octanol–water partition coefficient (Wildman–Crippen LogP) is 3.29. The van der Waals surface area contributed by atoms with Gasteiger partial charge >= 0.3 is 5.97 Å². The van der Waals surface area contributed by atoms with E-state index >= 15 is 0 Å². The number of aryl methyl sites for hydroxylation is 1. The molecule has 1 rings (SSSR count). The third-order valence-electron chi connectivity index (χ3n) is 3.90. The van der Waals surface area contributed by atoms with E-state index in [1.165, 1.54) is 0 Å². The average molecular weight is 320 g/mol. The number of benzene rings is 1. The van der Waals surface area contributed by atoms with Crippen LogP contribution in [0.1, 0.15) is 57.6 Å². The fourth-order valence-electron chi connectivity index (χ4n) is 2.52. The van der Waals surface area contributed by atoms with Crippen LogP contribution in [0.25, 0.3) is 0 Å². The second-order valence-corrected chi connectivity index (χ2v) is 6.25. The molecule has 23 heavy (non-hydrogen) atoms. The summed E-state index contributed by atoms with van der Waals surface area (Å²) in [6, 6.07) is 4.65. The smallest absolute Gasteiger partial charge is 0.320 e. The zero-order valence-electron chi connectivity index (χ0n) is 14.6. The van der Waals surface area contributed by atoms with E-state index < -0.39 is 18.1 Å². The molecule has 0 saturated heterocycles. The van der Waals surface area contributed by atoms with Gasteiger partial charge < -0.3 is 10.4 Å². The second kappa shape index (κ2) is 8.67. The standard InChI is InChI=1S/C18H28N2O3/c1-6-8-15(18(22)23)19-13(5)17(21)20-16-12(4)9-7-10-14(16)11(2)3/h7,9-11,13,15,19H,6,8H2,1-5H3,(H,20,21)(H,22,23). The zero-order chi connectivity index (χ0) is 17.6. The van der Waals surface area contributed by atoms with E-state index in [4.69, 9.17) is 0 Å². The summed E-state index contributed by atoms with van der Waals surface area (Å²) in [4.78, 5) is 23.6. The quantitative estimate of drug-likeness (QED) is 0.687. The number of nitrogens with one attached hydrogen (secondary N) is 2. The van der Waals surface area contributed by atoms with Crippen LogP contribution >= 0.6 is 0 Å². The first kappa shape index (κ1) is 19.2. The van der Waals surface area contributed by atoms with Crippen LogP contribution in [0, 0.1) is 6.92 Å². The number of carboxylic acids is 1. The van der Waals surface area contributed by atoms with Crippen molar-refractivity contribution in [3.63, 3.8) is 0 Å². The number of carbonyl (C=O) groups excluding carboxylic acids is 1. The van der Waals surface area contributed by atoms with Crippen LogP contribution in [0.5, 0.6) is 0 Å². The second-order valence-electron chi connectivity index (χ2n) is 6.25. The fourth-order valence-corrected chi connectivity index (χ4v) is 2.52. The molecule has 1 aromatic rings. The minimum absolute atomic E-state index is 0.219. The van der Waals surface area contributed by atoms with Crippen LogP contribution in [-0.2, 0) is 9.59 Å². The first-order valence-electron chi connectivity index (χ1n) is 8.17. The molecule has 128 valence electrons. The predicted molar refractivity (Wildman–Crippen MR) is 92.8 cm³/mol. The van der Waals surface area contributed by atoms with Gasteiger partial charge in [-0.15, -0.1) is 0 Å². The van der Waals surface area contributed by atoms with Crippen molar-refractivity contribution in [1.82, 2.24) is 5.32 Å². The van der Waals surface area contributed by atoms with Gasteiger partial charge in [0.05, 0.1) is 6.04 Å². The molecule has 1 aromatic carbocycles. The third kappa shape index (κ3) is 5.36. The molecule has 0 bridgehead atoms. The highest BCUT2D eigenvalue weighted by molar-refractivity contribution is 5.96. The Hall–Kier alpha value is -1.88. The molecule has 2 atom stereocenters. The Kier molecular flexibility index (Phi) is 7.23. The van der Waals surface area contributed by atoms with Crippen molar-refractivity contribution in [3.8, 4) is 0 Å². The average Bonchev–Trinajstić information content (AvgIpc) is 2.48. The van der Waals surface area contributed by atoms with Crippen LogP contribution in [0.2, 0.25) is 0 Å². The number of para-hydroxylation sites is 1. The van der Waals surface area contributed by atoms with Crippen molar-refractivity contribution >= 4 is 17.6 Å². The monoisotopic (exact) mass is 320 g/mol. The van der Waals surface area contributed by atoms with Gasteiger partial charge in [-0.2, -0.15) is 0 Å². The number of hydrogen-bond acceptors (Lipinski definition) is 3. The van der Waals surface area contributed by atoms with E-state index in [2.05, 4.69) is 24.5 Å². The number of anilines is 1.